The largest absolute Gasteiger partial charge is 0.481 e. The Balaban J connectivity index is 2.38. The summed E-state index contributed by atoms with van der Waals surface area (Å²) in [6, 6.07) is 0. The molecule has 17 heavy (non-hydrogen) atoms. The number of carbonyl (C=O) groups excluding carboxylic acids is 1. The lowest BCUT2D eigenvalue weighted by Crippen LogP contribution is -2.46. The van der Waals surface area contributed by atoms with Crippen molar-refractivity contribution in [2.45, 2.75) is 39.0 Å². The van der Waals surface area contributed by atoms with Crippen molar-refractivity contribution in [2.75, 3.05) is 6.54 Å². The summed E-state index contributed by atoms with van der Waals surface area (Å²) in [5.41, 5.74) is -0.259. The van der Waals surface area contributed by atoms with Crippen LogP contribution in [0.2, 0.25) is 0 Å². The van der Waals surface area contributed by atoms with Crippen molar-refractivity contribution in [1.29, 1.82) is 0 Å². The van der Waals surface area contributed by atoms with Crippen molar-refractivity contribution in [3.8, 4) is 0 Å². The van der Waals surface area contributed by atoms with Gasteiger partial charge in [0.15, 0.2) is 0 Å². The van der Waals surface area contributed by atoms with E-state index in [0.717, 1.165) is 19.3 Å². The Kier molecular flexibility index (Phi) is 4.73. The van der Waals surface area contributed by atoms with Gasteiger partial charge in [-0.2, -0.15) is 0 Å². The van der Waals surface area contributed by atoms with Crippen LogP contribution in [-0.4, -0.2) is 23.5 Å². The molecule has 1 aliphatic rings. The molecule has 0 aromatic carbocycles. The van der Waals surface area contributed by atoms with E-state index < -0.39 is 5.97 Å². The quantitative estimate of drug-likeness (QED) is 0.667. The summed E-state index contributed by atoms with van der Waals surface area (Å²) in [6.07, 6.45) is 5.52. The van der Waals surface area contributed by atoms with E-state index in [1.165, 1.54) is 0 Å². The van der Waals surface area contributed by atoms with Gasteiger partial charge in [-0.05, 0) is 25.2 Å². The Morgan fingerprint density at radius 1 is 1.53 bits per heavy atom. The van der Waals surface area contributed by atoms with Gasteiger partial charge in [0.1, 0.15) is 0 Å². The summed E-state index contributed by atoms with van der Waals surface area (Å²) in [6.45, 7) is 5.95. The number of nitrogens with one attached hydrogen (secondary N) is 1. The zero-order valence-electron chi connectivity index (χ0n) is 10.4. The smallest absolute Gasteiger partial charge is 0.303 e. The van der Waals surface area contributed by atoms with Crippen LogP contribution in [0.3, 0.4) is 0 Å². The molecule has 4 nitrogen and oxygen atoms in total. The molecule has 1 atom stereocenters. The minimum absolute atomic E-state index is 0.0303. The minimum atomic E-state index is -0.823. The van der Waals surface area contributed by atoms with Crippen molar-refractivity contribution in [3.05, 3.63) is 12.7 Å². The molecule has 96 valence electrons. The van der Waals surface area contributed by atoms with Crippen LogP contribution in [0.25, 0.3) is 0 Å². The molecule has 2 N–H and O–H groups in total. The summed E-state index contributed by atoms with van der Waals surface area (Å²) in [4.78, 5) is 22.5. The highest BCUT2D eigenvalue weighted by molar-refractivity contribution is 5.83. The molecule has 1 aliphatic carbocycles. The first-order valence-corrected chi connectivity index (χ1v) is 6.11. The maximum absolute atomic E-state index is 12.0. The lowest BCUT2D eigenvalue weighted by Gasteiger charge is -2.39. The monoisotopic (exact) mass is 239 g/mol. The second kappa shape index (κ2) is 5.84. The normalized spacial score (nSPS) is 18.9. The van der Waals surface area contributed by atoms with E-state index >= 15 is 0 Å². The summed E-state index contributed by atoms with van der Waals surface area (Å²) in [5.74, 6) is -0.797. The van der Waals surface area contributed by atoms with Crippen molar-refractivity contribution in [2.24, 2.45) is 11.3 Å². The van der Waals surface area contributed by atoms with Gasteiger partial charge in [0, 0.05) is 13.0 Å². The highest BCUT2D eigenvalue weighted by atomic mass is 16.4. The molecule has 0 bridgehead atoms. The average Bonchev–Trinajstić information content (AvgIpc) is 2.19. The van der Waals surface area contributed by atoms with Crippen molar-refractivity contribution in [1.82, 2.24) is 5.32 Å². The Hall–Kier alpha value is -1.32. The number of carbonyl (C=O) groups is 2. The Labute approximate surface area is 102 Å². The number of hydrogen-bond donors (Lipinski definition) is 2. The van der Waals surface area contributed by atoms with Crippen LogP contribution in [0, 0.1) is 11.3 Å². The van der Waals surface area contributed by atoms with Crippen LogP contribution in [0.5, 0.6) is 0 Å². The molecule has 1 unspecified atom stereocenters. The van der Waals surface area contributed by atoms with Crippen LogP contribution in [0.4, 0.5) is 0 Å². The summed E-state index contributed by atoms with van der Waals surface area (Å²) >= 11 is 0. The van der Waals surface area contributed by atoms with Gasteiger partial charge < -0.3 is 10.4 Å². The van der Waals surface area contributed by atoms with E-state index in [0.29, 0.717) is 13.0 Å². The summed E-state index contributed by atoms with van der Waals surface area (Å²) in [5, 5.41) is 11.5. The van der Waals surface area contributed by atoms with E-state index in [1.807, 2.05) is 6.92 Å². The highest BCUT2D eigenvalue weighted by Gasteiger charge is 2.42. The Bertz CT molecular complexity index is 308. The fraction of sp³-hybridized carbons (Fsp3) is 0.692. The highest BCUT2D eigenvalue weighted by Crippen LogP contribution is 2.44. The molecule has 0 heterocycles. The molecule has 0 spiro atoms. The molecular weight excluding hydrogens is 218 g/mol. The number of allylic oxidation sites excluding steroid dienone is 1. The van der Waals surface area contributed by atoms with E-state index in [1.54, 1.807) is 6.08 Å². The summed E-state index contributed by atoms with van der Waals surface area (Å²) in [7, 11) is 0. The standard InChI is InChI=1S/C13H21NO3/c1-3-5-13(6-4-7-13)12(17)14-9-10(2)8-11(15)16/h3,10H,1,4-9H2,2H3,(H,14,17)(H,15,16). The van der Waals surface area contributed by atoms with Crippen LogP contribution >= 0.6 is 0 Å². The predicted molar refractivity (Wildman–Crippen MR) is 65.5 cm³/mol. The van der Waals surface area contributed by atoms with Gasteiger partial charge in [-0.3, -0.25) is 9.59 Å². The van der Waals surface area contributed by atoms with Crippen molar-refractivity contribution in [3.63, 3.8) is 0 Å². The van der Waals surface area contributed by atoms with Crippen molar-refractivity contribution < 1.29 is 14.7 Å². The second-order valence-electron chi connectivity index (χ2n) is 5.04. The average molecular weight is 239 g/mol. The Morgan fingerprint density at radius 3 is 2.59 bits per heavy atom. The fourth-order valence-corrected chi connectivity index (χ4v) is 2.23. The maximum Gasteiger partial charge on any atom is 0.303 e. The molecule has 1 saturated carbocycles. The zero-order chi connectivity index (χ0) is 12.9. The van der Waals surface area contributed by atoms with Crippen LogP contribution in [0.1, 0.15) is 39.0 Å². The van der Waals surface area contributed by atoms with Crippen molar-refractivity contribution >= 4 is 11.9 Å². The first-order valence-electron chi connectivity index (χ1n) is 6.11. The second-order valence-corrected chi connectivity index (χ2v) is 5.04. The van der Waals surface area contributed by atoms with E-state index in [2.05, 4.69) is 11.9 Å². The Morgan fingerprint density at radius 2 is 2.18 bits per heavy atom. The molecule has 0 aromatic heterocycles. The lowest BCUT2D eigenvalue weighted by atomic mass is 9.66. The van der Waals surface area contributed by atoms with E-state index in [-0.39, 0.29) is 23.7 Å². The van der Waals surface area contributed by atoms with Gasteiger partial charge in [-0.25, -0.2) is 0 Å². The fourth-order valence-electron chi connectivity index (χ4n) is 2.23. The third-order valence-electron chi connectivity index (χ3n) is 3.46. The molecule has 4 heteroatoms. The van der Waals surface area contributed by atoms with Crippen LogP contribution in [-0.2, 0) is 9.59 Å². The van der Waals surface area contributed by atoms with Gasteiger partial charge >= 0.3 is 5.97 Å². The first-order chi connectivity index (χ1) is 8.00. The lowest BCUT2D eigenvalue weighted by molar-refractivity contribution is -0.139. The van der Waals surface area contributed by atoms with Crippen LogP contribution < -0.4 is 5.32 Å². The molecule has 0 aromatic rings. The van der Waals surface area contributed by atoms with Gasteiger partial charge in [0.25, 0.3) is 0 Å². The summed E-state index contributed by atoms with van der Waals surface area (Å²) < 4.78 is 0. The molecule has 1 amide bonds. The number of rotatable bonds is 7. The van der Waals surface area contributed by atoms with E-state index in [9.17, 15) is 9.59 Å². The van der Waals surface area contributed by atoms with Gasteiger partial charge in [-0.15, -0.1) is 6.58 Å². The minimum Gasteiger partial charge on any atom is -0.481 e. The van der Waals surface area contributed by atoms with Gasteiger partial charge in [0.05, 0.1) is 5.41 Å². The topological polar surface area (TPSA) is 66.4 Å². The number of hydrogen-bond acceptors (Lipinski definition) is 2. The van der Waals surface area contributed by atoms with Gasteiger partial charge in [-0.1, -0.05) is 19.4 Å². The third-order valence-corrected chi connectivity index (χ3v) is 3.46. The zero-order valence-corrected chi connectivity index (χ0v) is 10.4. The third kappa shape index (κ3) is 3.58. The first kappa shape index (κ1) is 13.7. The predicted octanol–water partition coefficient (Wildman–Crippen LogP) is 1.96. The van der Waals surface area contributed by atoms with E-state index in [4.69, 9.17) is 5.11 Å². The number of carboxylic acids is 1. The number of amides is 1. The molecular formula is C13H21NO3. The number of carboxylic acid groups (broad SMARTS) is 1. The molecule has 0 saturated heterocycles. The molecule has 0 aliphatic heterocycles. The van der Waals surface area contributed by atoms with Gasteiger partial charge in [0.2, 0.25) is 5.91 Å². The molecule has 0 radical (unpaired) electrons. The number of aliphatic carboxylic acids is 1. The molecule has 1 rings (SSSR count). The molecule has 1 fully saturated rings. The SMILES string of the molecule is C=CCC1(C(=O)NCC(C)CC(=O)O)CCC1. The van der Waals surface area contributed by atoms with Crippen LogP contribution in [0.15, 0.2) is 12.7 Å². The maximum atomic E-state index is 12.0.